The van der Waals surface area contributed by atoms with E-state index in [0.717, 1.165) is 11.1 Å². The van der Waals surface area contributed by atoms with E-state index < -0.39 is 29.9 Å². The molecule has 29 heavy (non-hydrogen) atoms. The zero-order valence-electron chi connectivity index (χ0n) is 16.6. The Bertz CT molecular complexity index is 835. The topological polar surface area (TPSA) is 77.8 Å². The van der Waals surface area contributed by atoms with E-state index in [1.54, 1.807) is 6.92 Å². The average Bonchev–Trinajstić information content (AvgIpc) is 2.99. The summed E-state index contributed by atoms with van der Waals surface area (Å²) in [5, 5.41) is 9.86. The summed E-state index contributed by atoms with van der Waals surface area (Å²) >= 11 is 0. The van der Waals surface area contributed by atoms with Gasteiger partial charge in [0, 0.05) is 6.92 Å². The summed E-state index contributed by atoms with van der Waals surface area (Å²) in [6, 6.07) is 21.4. The standard InChI is InChI=1S/C23H25NO5/c1-17-22(28-18(2)25)21(15-26-13-19-9-5-3-6-10-19)29-23(17,16-24)27-14-20-11-7-4-8-12-20/h3-12,17,21-22H,13-15H2,1-2H3/t17-,21-,22+,23-/m1/s1. The van der Waals surface area contributed by atoms with Crippen LogP contribution in [0.15, 0.2) is 60.7 Å². The molecule has 2 aromatic carbocycles. The first kappa shape index (κ1) is 21.0. The van der Waals surface area contributed by atoms with Crippen LogP contribution in [-0.4, -0.2) is 30.6 Å². The van der Waals surface area contributed by atoms with E-state index in [1.807, 2.05) is 60.7 Å². The molecule has 0 amide bonds. The predicted molar refractivity (Wildman–Crippen MR) is 105 cm³/mol. The van der Waals surface area contributed by atoms with Crippen LogP contribution in [-0.2, 0) is 37.0 Å². The highest BCUT2D eigenvalue weighted by Crippen LogP contribution is 2.39. The van der Waals surface area contributed by atoms with Crippen LogP contribution in [0.3, 0.4) is 0 Å². The van der Waals surface area contributed by atoms with Gasteiger partial charge in [0.05, 0.1) is 25.7 Å². The average molecular weight is 395 g/mol. The molecule has 2 aromatic rings. The van der Waals surface area contributed by atoms with Gasteiger partial charge in [-0.15, -0.1) is 0 Å². The smallest absolute Gasteiger partial charge is 0.303 e. The number of carbonyl (C=O) groups excluding carboxylic acids is 1. The second-order valence-electron chi connectivity index (χ2n) is 7.07. The largest absolute Gasteiger partial charge is 0.459 e. The van der Waals surface area contributed by atoms with Crippen LogP contribution in [0, 0.1) is 17.2 Å². The maximum atomic E-state index is 11.6. The molecule has 6 nitrogen and oxygen atoms in total. The fourth-order valence-electron chi connectivity index (χ4n) is 3.39. The lowest BCUT2D eigenvalue weighted by molar-refractivity contribution is -0.216. The maximum absolute atomic E-state index is 11.6. The lowest BCUT2D eigenvalue weighted by atomic mass is 9.96. The van der Waals surface area contributed by atoms with Gasteiger partial charge in [0.2, 0.25) is 0 Å². The van der Waals surface area contributed by atoms with Crippen molar-refractivity contribution in [2.24, 2.45) is 5.92 Å². The Morgan fingerprint density at radius 2 is 1.66 bits per heavy atom. The number of esters is 1. The Hall–Kier alpha value is -2.72. The molecule has 1 heterocycles. The van der Waals surface area contributed by atoms with Gasteiger partial charge >= 0.3 is 5.97 Å². The number of carbonyl (C=O) groups is 1. The van der Waals surface area contributed by atoms with Crippen molar-refractivity contribution in [1.29, 1.82) is 5.26 Å². The van der Waals surface area contributed by atoms with Gasteiger partial charge in [-0.25, -0.2) is 0 Å². The fourth-order valence-corrected chi connectivity index (χ4v) is 3.39. The van der Waals surface area contributed by atoms with Crippen LogP contribution in [0.1, 0.15) is 25.0 Å². The molecule has 0 aromatic heterocycles. The third-order valence-electron chi connectivity index (χ3n) is 4.93. The molecule has 1 saturated heterocycles. The monoisotopic (exact) mass is 395 g/mol. The molecule has 0 aliphatic carbocycles. The van der Waals surface area contributed by atoms with Gasteiger partial charge in [-0.3, -0.25) is 4.79 Å². The molecule has 0 unspecified atom stereocenters. The van der Waals surface area contributed by atoms with Crippen molar-refractivity contribution in [2.45, 2.75) is 45.1 Å². The molecular formula is C23H25NO5. The lowest BCUT2D eigenvalue weighted by Gasteiger charge is -2.26. The molecule has 152 valence electrons. The van der Waals surface area contributed by atoms with Crippen molar-refractivity contribution in [3.05, 3.63) is 71.8 Å². The summed E-state index contributed by atoms with van der Waals surface area (Å²) in [6.07, 6.45) is -1.24. The Labute approximate surface area is 171 Å². The van der Waals surface area contributed by atoms with Gasteiger partial charge in [-0.1, -0.05) is 67.6 Å². The number of benzene rings is 2. The SMILES string of the molecule is CC(=O)O[C@H]1[C@@H](C)[C@](C#N)(OCc2ccccc2)O[C@@H]1COCc1ccccc1. The van der Waals surface area contributed by atoms with Gasteiger partial charge < -0.3 is 18.9 Å². The summed E-state index contributed by atoms with van der Waals surface area (Å²) in [5.74, 6) is -2.43. The Morgan fingerprint density at radius 1 is 1.07 bits per heavy atom. The number of rotatable bonds is 8. The van der Waals surface area contributed by atoms with Crippen molar-refractivity contribution in [1.82, 2.24) is 0 Å². The molecule has 0 spiro atoms. The zero-order chi connectivity index (χ0) is 20.7. The van der Waals surface area contributed by atoms with Gasteiger partial charge in [-0.2, -0.15) is 5.26 Å². The fraction of sp³-hybridized carbons (Fsp3) is 0.391. The summed E-state index contributed by atoms with van der Waals surface area (Å²) in [5.41, 5.74) is 1.94. The highest BCUT2D eigenvalue weighted by atomic mass is 16.7. The molecule has 0 N–H and O–H groups in total. The molecule has 6 heteroatoms. The highest BCUT2D eigenvalue weighted by molar-refractivity contribution is 5.66. The van der Waals surface area contributed by atoms with E-state index in [1.165, 1.54) is 6.92 Å². The number of nitrogens with zero attached hydrogens (tertiary/aromatic N) is 1. The van der Waals surface area contributed by atoms with E-state index >= 15 is 0 Å². The summed E-state index contributed by atoms with van der Waals surface area (Å²) in [6.45, 7) is 3.91. The van der Waals surface area contributed by atoms with Crippen LogP contribution in [0.2, 0.25) is 0 Å². The molecular weight excluding hydrogens is 370 g/mol. The van der Waals surface area contributed by atoms with Gasteiger partial charge in [-0.05, 0) is 11.1 Å². The zero-order valence-corrected chi connectivity index (χ0v) is 16.6. The third kappa shape index (κ3) is 5.21. The number of nitriles is 1. The Kier molecular flexibility index (Phi) is 6.99. The second kappa shape index (κ2) is 9.66. The molecule has 1 aliphatic heterocycles. The van der Waals surface area contributed by atoms with E-state index in [0.29, 0.717) is 6.61 Å². The van der Waals surface area contributed by atoms with E-state index in [-0.39, 0.29) is 13.2 Å². The van der Waals surface area contributed by atoms with Crippen molar-refractivity contribution in [3.63, 3.8) is 0 Å². The molecule has 1 aliphatic rings. The first-order chi connectivity index (χ1) is 14.0. The minimum absolute atomic E-state index is 0.176. The minimum atomic E-state index is -1.52. The predicted octanol–water partition coefficient (Wildman–Crippen LogP) is 3.61. The molecule has 0 radical (unpaired) electrons. The normalized spacial score (nSPS) is 26.0. The van der Waals surface area contributed by atoms with Crippen LogP contribution < -0.4 is 0 Å². The first-order valence-electron chi connectivity index (χ1n) is 9.60. The third-order valence-corrected chi connectivity index (χ3v) is 4.93. The first-order valence-corrected chi connectivity index (χ1v) is 9.60. The molecule has 3 rings (SSSR count). The van der Waals surface area contributed by atoms with Crippen molar-refractivity contribution in [3.8, 4) is 6.07 Å². The van der Waals surface area contributed by atoms with E-state index in [2.05, 4.69) is 6.07 Å². The quantitative estimate of drug-likeness (QED) is 0.636. The highest BCUT2D eigenvalue weighted by Gasteiger charge is 2.56. The van der Waals surface area contributed by atoms with Crippen LogP contribution in [0.5, 0.6) is 0 Å². The minimum Gasteiger partial charge on any atom is -0.459 e. The summed E-state index contributed by atoms with van der Waals surface area (Å²) in [7, 11) is 0. The number of ether oxygens (including phenoxy) is 4. The Morgan fingerprint density at radius 3 is 2.21 bits per heavy atom. The molecule has 4 atom stereocenters. The summed E-state index contributed by atoms with van der Waals surface area (Å²) in [4.78, 5) is 11.6. The van der Waals surface area contributed by atoms with Gasteiger partial charge in [0.25, 0.3) is 5.79 Å². The maximum Gasteiger partial charge on any atom is 0.303 e. The molecule has 0 saturated carbocycles. The summed E-state index contributed by atoms with van der Waals surface area (Å²) < 4.78 is 23.2. The number of hydrogen-bond donors (Lipinski definition) is 0. The number of hydrogen-bond acceptors (Lipinski definition) is 6. The molecule has 1 fully saturated rings. The van der Waals surface area contributed by atoms with Crippen LogP contribution in [0.25, 0.3) is 0 Å². The van der Waals surface area contributed by atoms with Crippen molar-refractivity contribution >= 4 is 5.97 Å². The van der Waals surface area contributed by atoms with Gasteiger partial charge in [0.15, 0.2) is 0 Å². The van der Waals surface area contributed by atoms with E-state index in [4.69, 9.17) is 18.9 Å². The van der Waals surface area contributed by atoms with Crippen LogP contribution in [0.4, 0.5) is 0 Å². The van der Waals surface area contributed by atoms with Gasteiger partial charge in [0.1, 0.15) is 18.3 Å². The van der Waals surface area contributed by atoms with Crippen LogP contribution >= 0.6 is 0 Å². The van der Waals surface area contributed by atoms with E-state index in [9.17, 15) is 10.1 Å². The van der Waals surface area contributed by atoms with Crippen molar-refractivity contribution < 1.29 is 23.7 Å². The lowest BCUT2D eigenvalue weighted by Crippen LogP contribution is -2.39. The van der Waals surface area contributed by atoms with Crippen molar-refractivity contribution in [2.75, 3.05) is 6.61 Å². The molecule has 0 bridgehead atoms. The Balaban J connectivity index is 1.69. The second-order valence-corrected chi connectivity index (χ2v) is 7.07.